The van der Waals surface area contributed by atoms with Crippen LogP contribution in [0.15, 0.2) is 24.3 Å². The fraction of sp³-hybridized carbons (Fsp3) is 0.910. The Hall–Kier alpha value is -1.66. The highest BCUT2D eigenvalue weighted by molar-refractivity contribution is 5.76. The van der Waals surface area contributed by atoms with Gasteiger partial charge in [0.05, 0.1) is 25.4 Å². The number of aliphatic hydroxyl groups is 2. The van der Waals surface area contributed by atoms with E-state index in [2.05, 4.69) is 31.3 Å². The average Bonchev–Trinajstić information content (AvgIpc) is 3.39. The smallest absolute Gasteiger partial charge is 0.305 e. The summed E-state index contributed by atoms with van der Waals surface area (Å²) in [6.07, 6.45) is 78.0. The van der Waals surface area contributed by atoms with Gasteiger partial charge < -0.3 is 20.3 Å². The van der Waals surface area contributed by atoms with Crippen LogP contribution in [0.3, 0.4) is 0 Å². The van der Waals surface area contributed by atoms with Gasteiger partial charge >= 0.3 is 5.97 Å². The number of ether oxygens (including phenoxy) is 1. The molecule has 0 aliphatic heterocycles. The Morgan fingerprint density at radius 3 is 0.973 bits per heavy atom. The molecule has 0 rings (SSSR count). The van der Waals surface area contributed by atoms with Crippen LogP contribution in [0.25, 0.3) is 0 Å². The van der Waals surface area contributed by atoms with Crippen molar-refractivity contribution >= 4 is 11.9 Å². The number of nitrogens with one attached hydrogen (secondary N) is 1. The van der Waals surface area contributed by atoms with Gasteiger partial charge in [0.2, 0.25) is 5.91 Å². The van der Waals surface area contributed by atoms with Crippen molar-refractivity contribution in [2.45, 2.75) is 379 Å². The van der Waals surface area contributed by atoms with Crippen LogP contribution in [0.1, 0.15) is 367 Å². The third-order valence-electron chi connectivity index (χ3n) is 15.5. The number of amides is 1. The minimum absolute atomic E-state index is 0.0160. The number of allylic oxidation sites excluding steroid dienone is 3. The third kappa shape index (κ3) is 59.4. The zero-order valence-corrected chi connectivity index (χ0v) is 49.4. The second-order valence-corrected chi connectivity index (χ2v) is 22.8. The van der Waals surface area contributed by atoms with Crippen molar-refractivity contribution in [3.63, 3.8) is 0 Å². The molecule has 6 nitrogen and oxygen atoms in total. The largest absolute Gasteiger partial charge is 0.466 e. The van der Waals surface area contributed by atoms with E-state index in [1.54, 1.807) is 6.08 Å². The molecule has 0 heterocycles. The second kappa shape index (κ2) is 62.9. The Morgan fingerprint density at radius 1 is 0.370 bits per heavy atom. The standard InChI is InChI=1S/C67H129NO5/c1-3-5-7-9-11-13-15-17-19-31-35-39-43-47-51-55-59-65(70)64(63-69)68-66(71)60-56-52-48-44-40-36-32-29-27-25-23-21-22-24-26-28-30-34-38-42-46-50-54-58-62-73-67(72)61-57-53-49-45-41-37-33-20-18-16-14-12-10-8-6-4-2/h23,25,55,59,64-65,69-70H,3-22,24,26-54,56-58,60-63H2,1-2H3,(H,68,71)/b25-23-,59-55+. The van der Waals surface area contributed by atoms with E-state index in [4.69, 9.17) is 4.74 Å². The summed E-state index contributed by atoms with van der Waals surface area (Å²) in [5.74, 6) is -0.0542. The Morgan fingerprint density at radius 2 is 0.644 bits per heavy atom. The first-order valence-corrected chi connectivity index (χ1v) is 33.1. The Bertz CT molecular complexity index is 1140. The van der Waals surface area contributed by atoms with Gasteiger partial charge in [0.15, 0.2) is 0 Å². The predicted molar refractivity (Wildman–Crippen MR) is 320 cm³/mol. The minimum Gasteiger partial charge on any atom is -0.466 e. The van der Waals surface area contributed by atoms with Crippen molar-refractivity contribution in [2.24, 2.45) is 0 Å². The number of hydrogen-bond donors (Lipinski definition) is 3. The SMILES string of the molecule is CCCCCCCCCCCCCCCC/C=C/C(O)C(CO)NC(=O)CCCCCCCCCC/C=C\CCCCCCCCCCCCCCOC(=O)CCCCCCCCCCCCCCCCCC. The molecular formula is C67H129NO5. The topological polar surface area (TPSA) is 95.9 Å². The molecule has 0 fully saturated rings. The van der Waals surface area contributed by atoms with Crippen molar-refractivity contribution in [1.82, 2.24) is 5.32 Å². The van der Waals surface area contributed by atoms with Gasteiger partial charge in [-0.1, -0.05) is 321 Å². The molecular weight excluding hydrogens is 899 g/mol. The van der Waals surface area contributed by atoms with Gasteiger partial charge in [-0.05, 0) is 57.8 Å². The normalized spacial score (nSPS) is 12.7. The molecule has 0 aromatic carbocycles. The summed E-state index contributed by atoms with van der Waals surface area (Å²) in [7, 11) is 0. The van der Waals surface area contributed by atoms with E-state index in [0.29, 0.717) is 19.4 Å². The van der Waals surface area contributed by atoms with Gasteiger partial charge in [-0.15, -0.1) is 0 Å². The van der Waals surface area contributed by atoms with Gasteiger partial charge in [0.1, 0.15) is 0 Å². The van der Waals surface area contributed by atoms with Crippen LogP contribution in [-0.2, 0) is 14.3 Å². The molecule has 432 valence electrons. The van der Waals surface area contributed by atoms with Crippen molar-refractivity contribution < 1.29 is 24.5 Å². The van der Waals surface area contributed by atoms with Crippen molar-refractivity contribution in [3.05, 3.63) is 24.3 Å². The zero-order valence-electron chi connectivity index (χ0n) is 49.4. The molecule has 0 aliphatic carbocycles. The zero-order chi connectivity index (χ0) is 52.9. The van der Waals surface area contributed by atoms with Crippen LogP contribution < -0.4 is 5.32 Å². The number of carbonyl (C=O) groups is 2. The second-order valence-electron chi connectivity index (χ2n) is 22.8. The van der Waals surface area contributed by atoms with E-state index in [9.17, 15) is 19.8 Å². The summed E-state index contributed by atoms with van der Waals surface area (Å²) < 4.78 is 5.50. The first-order valence-electron chi connectivity index (χ1n) is 33.1. The fourth-order valence-corrected chi connectivity index (χ4v) is 10.4. The highest BCUT2D eigenvalue weighted by atomic mass is 16.5. The molecule has 0 aromatic heterocycles. The molecule has 0 saturated heterocycles. The minimum atomic E-state index is -0.847. The highest BCUT2D eigenvalue weighted by Gasteiger charge is 2.18. The van der Waals surface area contributed by atoms with Gasteiger partial charge in [-0.3, -0.25) is 9.59 Å². The molecule has 73 heavy (non-hydrogen) atoms. The van der Waals surface area contributed by atoms with E-state index in [0.717, 1.165) is 38.5 Å². The van der Waals surface area contributed by atoms with Crippen molar-refractivity contribution in [1.29, 1.82) is 0 Å². The summed E-state index contributed by atoms with van der Waals surface area (Å²) in [5, 5.41) is 23.2. The average molecular weight is 1030 g/mol. The van der Waals surface area contributed by atoms with E-state index in [1.807, 2.05) is 6.08 Å². The number of hydrogen-bond acceptors (Lipinski definition) is 5. The Balaban J connectivity index is 3.41. The molecule has 3 N–H and O–H groups in total. The molecule has 0 aromatic rings. The molecule has 0 radical (unpaired) electrons. The quantitative estimate of drug-likeness (QED) is 0.0320. The summed E-state index contributed by atoms with van der Waals surface area (Å²) >= 11 is 0. The molecule has 2 atom stereocenters. The number of carbonyl (C=O) groups excluding carboxylic acids is 2. The van der Waals surface area contributed by atoms with E-state index in [-0.39, 0.29) is 18.5 Å². The lowest BCUT2D eigenvalue weighted by Crippen LogP contribution is -2.45. The van der Waals surface area contributed by atoms with E-state index >= 15 is 0 Å². The summed E-state index contributed by atoms with van der Waals surface area (Å²) in [6.45, 7) is 4.93. The molecule has 0 aliphatic rings. The number of rotatable bonds is 62. The van der Waals surface area contributed by atoms with Crippen LogP contribution in [0.5, 0.6) is 0 Å². The summed E-state index contributed by atoms with van der Waals surface area (Å²) in [6, 6.07) is -0.631. The third-order valence-corrected chi connectivity index (χ3v) is 15.5. The summed E-state index contributed by atoms with van der Waals surface area (Å²) in [4.78, 5) is 24.6. The van der Waals surface area contributed by atoms with Crippen LogP contribution in [0.2, 0.25) is 0 Å². The van der Waals surface area contributed by atoms with Crippen LogP contribution in [0.4, 0.5) is 0 Å². The van der Waals surface area contributed by atoms with Crippen LogP contribution >= 0.6 is 0 Å². The van der Waals surface area contributed by atoms with E-state index in [1.165, 1.54) is 302 Å². The first-order chi connectivity index (χ1) is 36.0. The van der Waals surface area contributed by atoms with Crippen LogP contribution in [0, 0.1) is 0 Å². The van der Waals surface area contributed by atoms with Gasteiger partial charge in [-0.25, -0.2) is 0 Å². The predicted octanol–water partition coefficient (Wildman–Crippen LogP) is 21.0. The molecule has 2 unspecified atom stereocenters. The lowest BCUT2D eigenvalue weighted by atomic mass is 10.0. The number of aliphatic hydroxyl groups excluding tert-OH is 2. The Kier molecular flexibility index (Phi) is 61.4. The van der Waals surface area contributed by atoms with Crippen molar-refractivity contribution in [2.75, 3.05) is 13.2 Å². The maximum atomic E-state index is 12.5. The van der Waals surface area contributed by atoms with Gasteiger partial charge in [0.25, 0.3) is 0 Å². The monoisotopic (exact) mass is 1030 g/mol. The molecule has 1 amide bonds. The molecule has 0 bridgehead atoms. The van der Waals surface area contributed by atoms with Crippen molar-refractivity contribution in [3.8, 4) is 0 Å². The lowest BCUT2D eigenvalue weighted by Gasteiger charge is -2.20. The molecule has 6 heteroatoms. The number of unbranched alkanes of at least 4 members (excludes halogenated alkanes) is 49. The first kappa shape index (κ1) is 71.3. The number of esters is 1. The maximum absolute atomic E-state index is 12.5. The Labute approximate surface area is 456 Å². The van der Waals surface area contributed by atoms with Gasteiger partial charge in [0, 0.05) is 12.8 Å². The maximum Gasteiger partial charge on any atom is 0.305 e. The molecule has 0 spiro atoms. The molecule has 0 saturated carbocycles. The fourth-order valence-electron chi connectivity index (χ4n) is 10.4. The van der Waals surface area contributed by atoms with Gasteiger partial charge in [-0.2, -0.15) is 0 Å². The summed E-state index contributed by atoms with van der Waals surface area (Å²) in [5.41, 5.74) is 0. The van der Waals surface area contributed by atoms with E-state index < -0.39 is 12.1 Å². The highest BCUT2D eigenvalue weighted by Crippen LogP contribution is 2.18. The van der Waals surface area contributed by atoms with Crippen LogP contribution in [-0.4, -0.2) is 47.4 Å². The lowest BCUT2D eigenvalue weighted by molar-refractivity contribution is -0.143.